The summed E-state index contributed by atoms with van der Waals surface area (Å²) in [6.07, 6.45) is -0.121. The fraction of sp³-hybridized carbons (Fsp3) is 0.900. The van der Waals surface area contributed by atoms with Crippen molar-refractivity contribution in [2.75, 3.05) is 13.1 Å². The zero-order chi connectivity index (χ0) is 11.6. The van der Waals surface area contributed by atoms with E-state index < -0.39 is 11.8 Å². The molecule has 15 heavy (non-hydrogen) atoms. The lowest BCUT2D eigenvalue weighted by atomic mass is 9.81. The molecule has 1 amide bonds. The Balaban J connectivity index is 2.36. The molecular formula is C10H18F2N2O. The van der Waals surface area contributed by atoms with Gasteiger partial charge in [-0.05, 0) is 19.8 Å². The van der Waals surface area contributed by atoms with E-state index in [-0.39, 0.29) is 31.3 Å². The van der Waals surface area contributed by atoms with Crippen LogP contribution < -0.4 is 5.73 Å². The first kappa shape index (κ1) is 12.4. The fourth-order valence-electron chi connectivity index (χ4n) is 1.90. The zero-order valence-electron chi connectivity index (χ0n) is 9.17. The van der Waals surface area contributed by atoms with Gasteiger partial charge in [-0.1, -0.05) is 0 Å². The Kier molecular flexibility index (Phi) is 3.65. The van der Waals surface area contributed by atoms with Gasteiger partial charge in [-0.25, -0.2) is 8.78 Å². The van der Waals surface area contributed by atoms with E-state index in [9.17, 15) is 13.6 Å². The van der Waals surface area contributed by atoms with Crippen LogP contribution in [-0.4, -0.2) is 35.9 Å². The second-order valence-corrected chi connectivity index (χ2v) is 4.62. The van der Waals surface area contributed by atoms with E-state index in [0.717, 1.165) is 0 Å². The predicted molar refractivity (Wildman–Crippen MR) is 53.6 cm³/mol. The number of alkyl halides is 2. The molecule has 0 unspecified atom stereocenters. The summed E-state index contributed by atoms with van der Waals surface area (Å²) in [5.74, 6) is -2.89. The van der Waals surface area contributed by atoms with Crippen LogP contribution >= 0.6 is 0 Å². The summed E-state index contributed by atoms with van der Waals surface area (Å²) in [5.41, 5.74) is 5.09. The molecule has 5 heteroatoms. The third-order valence-corrected chi connectivity index (χ3v) is 2.76. The molecule has 0 atom stereocenters. The molecule has 1 fully saturated rings. The first-order valence-electron chi connectivity index (χ1n) is 5.20. The van der Waals surface area contributed by atoms with Crippen LogP contribution in [0.1, 0.15) is 26.7 Å². The normalized spacial score (nSPS) is 20.7. The largest absolute Gasteiger partial charge is 0.369 e. The van der Waals surface area contributed by atoms with Crippen molar-refractivity contribution in [3.63, 3.8) is 0 Å². The van der Waals surface area contributed by atoms with Crippen LogP contribution in [0.4, 0.5) is 8.78 Å². The van der Waals surface area contributed by atoms with Crippen LogP contribution in [0.5, 0.6) is 0 Å². The lowest BCUT2D eigenvalue weighted by Crippen LogP contribution is -2.47. The predicted octanol–water partition coefficient (Wildman–Crippen LogP) is 1.23. The number of carbonyl (C=O) groups is 1. The third kappa shape index (κ3) is 3.74. The first-order chi connectivity index (χ1) is 6.80. The van der Waals surface area contributed by atoms with Gasteiger partial charge in [0.1, 0.15) is 0 Å². The van der Waals surface area contributed by atoms with Crippen molar-refractivity contribution in [2.24, 2.45) is 11.7 Å². The maximum Gasteiger partial charge on any atom is 0.248 e. The standard InChI is InChI=1S/C10H18F2N2O/c1-7(2)14(6-9(13)15)5-8-3-10(11,12)4-8/h7-8H,3-6H2,1-2H3,(H2,13,15). The minimum atomic E-state index is -2.49. The summed E-state index contributed by atoms with van der Waals surface area (Å²) in [6, 6.07) is 0.159. The van der Waals surface area contributed by atoms with Gasteiger partial charge in [0.05, 0.1) is 6.54 Å². The summed E-state index contributed by atoms with van der Waals surface area (Å²) in [7, 11) is 0. The topological polar surface area (TPSA) is 46.3 Å². The average molecular weight is 220 g/mol. The van der Waals surface area contributed by atoms with Crippen LogP contribution in [0.2, 0.25) is 0 Å². The number of hydrogen-bond donors (Lipinski definition) is 1. The molecule has 0 spiro atoms. The molecule has 1 aliphatic carbocycles. The Labute approximate surface area is 88.6 Å². The number of nitrogens with zero attached hydrogens (tertiary/aromatic N) is 1. The van der Waals surface area contributed by atoms with Gasteiger partial charge in [0.25, 0.3) is 0 Å². The molecule has 0 aliphatic heterocycles. The minimum absolute atomic E-state index is 0.00162. The van der Waals surface area contributed by atoms with Gasteiger partial charge in [0.15, 0.2) is 0 Å². The number of rotatable bonds is 5. The summed E-state index contributed by atoms with van der Waals surface area (Å²) in [6.45, 7) is 4.55. The van der Waals surface area contributed by atoms with Gasteiger partial charge in [0.2, 0.25) is 11.8 Å². The molecule has 2 N–H and O–H groups in total. The SMILES string of the molecule is CC(C)N(CC(N)=O)CC1CC(F)(F)C1. The molecule has 1 saturated carbocycles. The average Bonchev–Trinajstić information content (AvgIpc) is 1.98. The molecule has 0 heterocycles. The highest BCUT2D eigenvalue weighted by atomic mass is 19.3. The maximum atomic E-state index is 12.6. The van der Waals surface area contributed by atoms with Gasteiger partial charge < -0.3 is 5.73 Å². The number of halogens is 2. The Morgan fingerprint density at radius 1 is 1.53 bits per heavy atom. The monoisotopic (exact) mass is 220 g/mol. The van der Waals surface area contributed by atoms with E-state index >= 15 is 0 Å². The summed E-state index contributed by atoms with van der Waals surface area (Å²) < 4.78 is 25.2. The van der Waals surface area contributed by atoms with Crippen LogP contribution in [0.25, 0.3) is 0 Å². The second-order valence-electron chi connectivity index (χ2n) is 4.62. The smallest absolute Gasteiger partial charge is 0.248 e. The van der Waals surface area contributed by atoms with Gasteiger partial charge in [-0.15, -0.1) is 0 Å². The van der Waals surface area contributed by atoms with Crippen molar-refractivity contribution in [3.05, 3.63) is 0 Å². The van der Waals surface area contributed by atoms with Crippen LogP contribution in [0, 0.1) is 5.92 Å². The Bertz CT molecular complexity index is 236. The molecule has 0 aromatic heterocycles. The van der Waals surface area contributed by atoms with Crippen molar-refractivity contribution in [1.29, 1.82) is 0 Å². The van der Waals surface area contributed by atoms with E-state index in [1.54, 1.807) is 0 Å². The third-order valence-electron chi connectivity index (χ3n) is 2.76. The van der Waals surface area contributed by atoms with Gasteiger partial charge in [-0.2, -0.15) is 0 Å². The Hall–Kier alpha value is -0.710. The van der Waals surface area contributed by atoms with Crippen molar-refractivity contribution in [1.82, 2.24) is 4.90 Å². The number of nitrogens with two attached hydrogens (primary N) is 1. The fourth-order valence-corrected chi connectivity index (χ4v) is 1.90. The highest BCUT2D eigenvalue weighted by molar-refractivity contribution is 5.75. The highest BCUT2D eigenvalue weighted by Crippen LogP contribution is 2.42. The molecular weight excluding hydrogens is 202 g/mol. The van der Waals surface area contributed by atoms with Crippen LogP contribution in [0.15, 0.2) is 0 Å². The number of amides is 1. The van der Waals surface area contributed by atoms with E-state index in [0.29, 0.717) is 6.54 Å². The van der Waals surface area contributed by atoms with Crippen molar-refractivity contribution < 1.29 is 13.6 Å². The Morgan fingerprint density at radius 3 is 2.40 bits per heavy atom. The molecule has 0 saturated heterocycles. The molecule has 1 aliphatic rings. The van der Waals surface area contributed by atoms with Gasteiger partial charge >= 0.3 is 0 Å². The van der Waals surface area contributed by atoms with Crippen molar-refractivity contribution >= 4 is 5.91 Å². The number of hydrogen-bond acceptors (Lipinski definition) is 2. The molecule has 0 aromatic carbocycles. The van der Waals surface area contributed by atoms with E-state index in [4.69, 9.17) is 5.73 Å². The molecule has 0 aromatic rings. The Morgan fingerprint density at radius 2 is 2.07 bits per heavy atom. The highest BCUT2D eigenvalue weighted by Gasteiger charge is 2.45. The van der Waals surface area contributed by atoms with E-state index in [2.05, 4.69) is 0 Å². The van der Waals surface area contributed by atoms with Crippen LogP contribution in [0.3, 0.4) is 0 Å². The molecule has 88 valence electrons. The van der Waals surface area contributed by atoms with E-state index in [1.807, 2.05) is 18.7 Å². The quantitative estimate of drug-likeness (QED) is 0.757. The molecule has 0 radical (unpaired) electrons. The summed E-state index contributed by atoms with van der Waals surface area (Å²) in [5, 5.41) is 0. The molecule has 1 rings (SSSR count). The second kappa shape index (κ2) is 4.43. The number of primary amides is 1. The number of carbonyl (C=O) groups excluding carboxylic acids is 1. The van der Waals surface area contributed by atoms with Gasteiger partial charge in [-0.3, -0.25) is 9.69 Å². The lowest BCUT2D eigenvalue weighted by Gasteiger charge is -2.39. The lowest BCUT2D eigenvalue weighted by molar-refractivity contribution is -0.125. The van der Waals surface area contributed by atoms with E-state index in [1.165, 1.54) is 0 Å². The van der Waals surface area contributed by atoms with Gasteiger partial charge in [0, 0.05) is 25.4 Å². The minimum Gasteiger partial charge on any atom is -0.369 e. The van der Waals surface area contributed by atoms with Crippen LogP contribution in [-0.2, 0) is 4.79 Å². The summed E-state index contributed by atoms with van der Waals surface area (Å²) >= 11 is 0. The summed E-state index contributed by atoms with van der Waals surface area (Å²) in [4.78, 5) is 12.6. The van der Waals surface area contributed by atoms with Crippen molar-refractivity contribution in [3.8, 4) is 0 Å². The zero-order valence-corrected chi connectivity index (χ0v) is 9.17. The first-order valence-corrected chi connectivity index (χ1v) is 5.20. The molecule has 0 bridgehead atoms. The maximum absolute atomic E-state index is 12.6. The molecule has 3 nitrogen and oxygen atoms in total. The van der Waals surface area contributed by atoms with Crippen molar-refractivity contribution in [2.45, 2.75) is 38.7 Å².